The lowest BCUT2D eigenvalue weighted by atomic mass is 9.91. The van der Waals surface area contributed by atoms with Crippen LogP contribution in [0.5, 0.6) is 5.75 Å². The maximum absolute atomic E-state index is 12.4. The van der Waals surface area contributed by atoms with Gasteiger partial charge >= 0.3 is 0 Å². The van der Waals surface area contributed by atoms with E-state index in [2.05, 4.69) is 13.8 Å². The van der Waals surface area contributed by atoms with E-state index in [1.54, 1.807) is 0 Å². The van der Waals surface area contributed by atoms with Gasteiger partial charge in [0.2, 0.25) is 0 Å². The third kappa shape index (κ3) is 4.09. The normalized spacial score (nSPS) is 16.1. The summed E-state index contributed by atoms with van der Waals surface area (Å²) in [6.45, 7) is 4.27. The molecule has 0 N–H and O–H groups in total. The van der Waals surface area contributed by atoms with Crippen molar-refractivity contribution >= 4 is 5.78 Å². The van der Waals surface area contributed by atoms with Crippen molar-refractivity contribution in [1.29, 1.82) is 0 Å². The first kappa shape index (κ1) is 14.1. The molecule has 2 nitrogen and oxygen atoms in total. The van der Waals surface area contributed by atoms with E-state index >= 15 is 0 Å². The van der Waals surface area contributed by atoms with Crippen molar-refractivity contribution in [3.05, 3.63) is 29.8 Å². The minimum absolute atomic E-state index is 0.176. The summed E-state index contributed by atoms with van der Waals surface area (Å²) in [4.78, 5) is 12.4. The van der Waals surface area contributed by atoms with Crippen molar-refractivity contribution < 1.29 is 9.53 Å². The fraction of sp³-hybridized carbons (Fsp3) is 0.588. The molecule has 0 spiro atoms. The SMILES string of the molecule is CCCCC(CC)C(=O)c1ccc(OC2CC2)cc1. The topological polar surface area (TPSA) is 26.3 Å². The van der Waals surface area contributed by atoms with Crippen LogP contribution in [0.3, 0.4) is 0 Å². The second-order valence-electron chi connectivity index (χ2n) is 5.45. The largest absolute Gasteiger partial charge is 0.490 e. The minimum atomic E-state index is 0.176. The van der Waals surface area contributed by atoms with Crippen molar-refractivity contribution in [2.75, 3.05) is 0 Å². The van der Waals surface area contributed by atoms with Gasteiger partial charge in [-0.05, 0) is 49.9 Å². The molecule has 2 heteroatoms. The molecule has 0 aromatic heterocycles. The highest BCUT2D eigenvalue weighted by Gasteiger charge is 2.23. The van der Waals surface area contributed by atoms with Crippen molar-refractivity contribution in [3.8, 4) is 5.75 Å². The summed E-state index contributed by atoms with van der Waals surface area (Å²) in [7, 11) is 0. The van der Waals surface area contributed by atoms with Gasteiger partial charge in [0.1, 0.15) is 5.75 Å². The van der Waals surface area contributed by atoms with E-state index in [4.69, 9.17) is 4.74 Å². The van der Waals surface area contributed by atoms with Crippen LogP contribution in [-0.2, 0) is 0 Å². The quantitative estimate of drug-likeness (QED) is 0.637. The Morgan fingerprint density at radius 3 is 2.47 bits per heavy atom. The van der Waals surface area contributed by atoms with Gasteiger partial charge in [-0.25, -0.2) is 0 Å². The van der Waals surface area contributed by atoms with E-state index in [0.717, 1.165) is 49.8 Å². The van der Waals surface area contributed by atoms with Gasteiger partial charge in [0.15, 0.2) is 5.78 Å². The first-order valence-corrected chi connectivity index (χ1v) is 7.55. The molecule has 1 aromatic rings. The Labute approximate surface area is 116 Å². The van der Waals surface area contributed by atoms with Crippen molar-refractivity contribution in [1.82, 2.24) is 0 Å². The van der Waals surface area contributed by atoms with Gasteiger partial charge in [-0.3, -0.25) is 4.79 Å². The monoisotopic (exact) mass is 260 g/mol. The summed E-state index contributed by atoms with van der Waals surface area (Å²) < 4.78 is 5.70. The average molecular weight is 260 g/mol. The lowest BCUT2D eigenvalue weighted by Gasteiger charge is -2.13. The second kappa shape index (κ2) is 6.74. The number of rotatable bonds is 8. The summed E-state index contributed by atoms with van der Waals surface area (Å²) in [5.74, 6) is 1.35. The molecular formula is C17H24O2. The first-order valence-electron chi connectivity index (χ1n) is 7.55. The third-order valence-electron chi connectivity index (χ3n) is 3.74. The van der Waals surface area contributed by atoms with Crippen LogP contribution in [0.4, 0.5) is 0 Å². The predicted octanol–water partition coefficient (Wildman–Crippen LogP) is 4.63. The van der Waals surface area contributed by atoms with Crippen LogP contribution in [-0.4, -0.2) is 11.9 Å². The maximum Gasteiger partial charge on any atom is 0.165 e. The highest BCUT2D eigenvalue weighted by Crippen LogP contribution is 2.27. The van der Waals surface area contributed by atoms with Crippen LogP contribution < -0.4 is 4.74 Å². The Morgan fingerprint density at radius 1 is 1.26 bits per heavy atom. The first-order chi connectivity index (χ1) is 9.24. The van der Waals surface area contributed by atoms with Gasteiger partial charge in [-0.1, -0.05) is 26.7 Å². The van der Waals surface area contributed by atoms with Crippen molar-refractivity contribution in [2.24, 2.45) is 5.92 Å². The fourth-order valence-corrected chi connectivity index (χ4v) is 2.28. The zero-order valence-electron chi connectivity index (χ0n) is 12.0. The number of ketones is 1. The fourth-order valence-electron chi connectivity index (χ4n) is 2.28. The Morgan fingerprint density at radius 2 is 1.95 bits per heavy atom. The number of carbonyl (C=O) groups excluding carboxylic acids is 1. The summed E-state index contributed by atoms with van der Waals surface area (Å²) in [5.41, 5.74) is 0.825. The average Bonchev–Trinajstić information content (AvgIpc) is 3.24. The molecule has 1 aromatic carbocycles. The van der Waals surface area contributed by atoms with E-state index in [0.29, 0.717) is 6.10 Å². The molecule has 2 rings (SSSR count). The zero-order valence-corrected chi connectivity index (χ0v) is 12.0. The number of hydrogen-bond donors (Lipinski definition) is 0. The lowest BCUT2D eigenvalue weighted by Crippen LogP contribution is -2.14. The van der Waals surface area contributed by atoms with Gasteiger partial charge in [-0.15, -0.1) is 0 Å². The Hall–Kier alpha value is -1.31. The summed E-state index contributed by atoms with van der Waals surface area (Å²) in [5, 5.41) is 0. The van der Waals surface area contributed by atoms with Gasteiger partial charge in [0, 0.05) is 11.5 Å². The standard InChI is InChI=1S/C17H24O2/c1-3-5-6-13(4-2)17(18)14-7-9-15(10-8-14)19-16-11-12-16/h7-10,13,16H,3-6,11-12H2,1-2H3. The molecular weight excluding hydrogens is 236 g/mol. The smallest absolute Gasteiger partial charge is 0.165 e. The highest BCUT2D eigenvalue weighted by molar-refractivity contribution is 5.97. The molecule has 0 aliphatic heterocycles. The van der Waals surface area contributed by atoms with Crippen molar-refractivity contribution in [2.45, 2.75) is 58.5 Å². The van der Waals surface area contributed by atoms with E-state index in [-0.39, 0.29) is 11.7 Å². The highest BCUT2D eigenvalue weighted by atomic mass is 16.5. The van der Waals surface area contributed by atoms with E-state index in [9.17, 15) is 4.79 Å². The molecule has 1 atom stereocenters. The number of carbonyl (C=O) groups is 1. The van der Waals surface area contributed by atoms with Crippen LogP contribution in [0, 0.1) is 5.92 Å². The van der Waals surface area contributed by atoms with Crippen LogP contribution >= 0.6 is 0 Å². The zero-order chi connectivity index (χ0) is 13.7. The van der Waals surface area contributed by atoms with Gasteiger partial charge in [0.05, 0.1) is 6.10 Å². The van der Waals surface area contributed by atoms with E-state index in [1.165, 1.54) is 0 Å². The molecule has 0 radical (unpaired) electrons. The van der Waals surface area contributed by atoms with Crippen LogP contribution in [0.1, 0.15) is 62.7 Å². The number of ether oxygens (including phenoxy) is 1. The molecule has 1 aliphatic carbocycles. The number of hydrogen-bond acceptors (Lipinski definition) is 2. The summed E-state index contributed by atoms with van der Waals surface area (Å²) in [6.07, 6.45) is 6.95. The number of unbranched alkanes of at least 4 members (excludes halogenated alkanes) is 1. The molecule has 0 saturated heterocycles. The van der Waals surface area contributed by atoms with Gasteiger partial charge in [0.25, 0.3) is 0 Å². The Kier molecular flexibility index (Phi) is 5.00. The van der Waals surface area contributed by atoms with Crippen LogP contribution in [0.15, 0.2) is 24.3 Å². The van der Waals surface area contributed by atoms with Crippen molar-refractivity contribution in [3.63, 3.8) is 0 Å². The molecule has 19 heavy (non-hydrogen) atoms. The Balaban J connectivity index is 1.96. The summed E-state index contributed by atoms with van der Waals surface area (Å²) in [6, 6.07) is 7.68. The van der Waals surface area contributed by atoms with Crippen LogP contribution in [0.25, 0.3) is 0 Å². The van der Waals surface area contributed by atoms with Gasteiger partial charge in [-0.2, -0.15) is 0 Å². The molecule has 0 bridgehead atoms. The third-order valence-corrected chi connectivity index (χ3v) is 3.74. The van der Waals surface area contributed by atoms with Crippen LogP contribution in [0.2, 0.25) is 0 Å². The Bertz CT molecular complexity index is 404. The molecule has 1 aliphatic rings. The molecule has 0 amide bonds. The maximum atomic E-state index is 12.4. The predicted molar refractivity (Wildman–Crippen MR) is 77.7 cm³/mol. The number of Topliss-reactive ketones (excluding diaryl/α,β-unsaturated/α-hetero) is 1. The van der Waals surface area contributed by atoms with E-state index < -0.39 is 0 Å². The van der Waals surface area contributed by atoms with E-state index in [1.807, 2.05) is 24.3 Å². The molecule has 0 heterocycles. The minimum Gasteiger partial charge on any atom is -0.490 e. The van der Waals surface area contributed by atoms with Gasteiger partial charge < -0.3 is 4.74 Å². The molecule has 1 unspecified atom stereocenters. The molecule has 104 valence electrons. The summed E-state index contributed by atoms with van der Waals surface area (Å²) >= 11 is 0. The molecule has 1 fully saturated rings. The lowest BCUT2D eigenvalue weighted by molar-refractivity contribution is 0.0908. The second-order valence-corrected chi connectivity index (χ2v) is 5.45. The molecule has 1 saturated carbocycles. The number of benzene rings is 1.